The fourth-order valence-corrected chi connectivity index (χ4v) is 3.55. The van der Waals surface area contributed by atoms with Gasteiger partial charge in [0.05, 0.1) is 30.7 Å². The van der Waals surface area contributed by atoms with Crippen LogP contribution >= 0.6 is 11.8 Å². The van der Waals surface area contributed by atoms with Gasteiger partial charge in [-0.2, -0.15) is 0 Å². The van der Waals surface area contributed by atoms with E-state index in [2.05, 4.69) is 0 Å². The summed E-state index contributed by atoms with van der Waals surface area (Å²) in [5.41, 5.74) is 1.75. The molecule has 1 saturated heterocycles. The van der Waals surface area contributed by atoms with Crippen LogP contribution < -0.4 is 4.74 Å². The van der Waals surface area contributed by atoms with Crippen LogP contribution in [0.2, 0.25) is 0 Å². The molecule has 0 unspecified atom stereocenters. The lowest BCUT2D eigenvalue weighted by atomic mass is 10.1. The number of carbonyl (C=O) groups is 3. The number of esters is 1. The highest BCUT2D eigenvalue weighted by Crippen LogP contribution is 2.35. The lowest BCUT2D eigenvalue weighted by Gasteiger charge is -2.12. The van der Waals surface area contributed by atoms with Crippen molar-refractivity contribution < 1.29 is 29.0 Å². The summed E-state index contributed by atoms with van der Waals surface area (Å²) in [6.45, 7) is 2.12. The molecule has 8 heteroatoms. The number of phenolic OH excluding ortho intramolecular Hbond substituents is 1. The zero-order valence-corrected chi connectivity index (χ0v) is 16.7. The van der Waals surface area contributed by atoms with Gasteiger partial charge in [0.1, 0.15) is 0 Å². The number of hydrogen-bond acceptors (Lipinski definition) is 7. The molecule has 0 spiro atoms. The van der Waals surface area contributed by atoms with Gasteiger partial charge in [0.25, 0.3) is 11.1 Å². The Hall–Kier alpha value is -3.26. The van der Waals surface area contributed by atoms with Crippen LogP contribution in [0.25, 0.3) is 6.08 Å². The molecular formula is C21H19NO6S. The van der Waals surface area contributed by atoms with E-state index in [9.17, 15) is 19.5 Å². The fourth-order valence-electron chi connectivity index (χ4n) is 2.71. The second-order valence-electron chi connectivity index (χ2n) is 6.12. The van der Waals surface area contributed by atoms with Crippen molar-refractivity contribution in [3.63, 3.8) is 0 Å². The third-order valence-electron chi connectivity index (χ3n) is 4.18. The summed E-state index contributed by atoms with van der Waals surface area (Å²) in [7, 11) is 1.43. The van der Waals surface area contributed by atoms with Crippen LogP contribution in [0.1, 0.15) is 28.4 Å². The Morgan fingerprint density at radius 1 is 1.17 bits per heavy atom. The number of imide groups is 1. The SMILES string of the molecule is CCOC(=O)c1ccc(CN2C(=O)S/C(=C\c3ccc(O)c(OC)c3)C2=O)cc1. The van der Waals surface area contributed by atoms with Crippen LogP contribution in [-0.4, -0.2) is 40.8 Å². The maximum Gasteiger partial charge on any atom is 0.338 e. The normalized spacial score (nSPS) is 15.1. The first kappa shape index (κ1) is 20.5. The maximum atomic E-state index is 12.7. The van der Waals surface area contributed by atoms with E-state index < -0.39 is 11.9 Å². The maximum absolute atomic E-state index is 12.7. The predicted molar refractivity (Wildman–Crippen MR) is 109 cm³/mol. The minimum atomic E-state index is -0.419. The molecule has 1 aliphatic rings. The number of nitrogens with zero attached hydrogens (tertiary/aromatic N) is 1. The summed E-state index contributed by atoms with van der Waals surface area (Å²) in [6.07, 6.45) is 1.58. The Labute approximate surface area is 171 Å². The molecule has 0 bridgehead atoms. The van der Waals surface area contributed by atoms with Crippen molar-refractivity contribution in [3.8, 4) is 11.5 Å². The van der Waals surface area contributed by atoms with Gasteiger partial charge in [0.15, 0.2) is 11.5 Å². The van der Waals surface area contributed by atoms with Crippen molar-refractivity contribution >= 4 is 35.0 Å². The number of methoxy groups -OCH3 is 1. The molecule has 1 aliphatic heterocycles. The number of aromatic hydroxyl groups is 1. The van der Waals surface area contributed by atoms with E-state index in [0.717, 1.165) is 16.7 Å². The highest BCUT2D eigenvalue weighted by molar-refractivity contribution is 8.18. The molecule has 2 aromatic carbocycles. The second kappa shape index (κ2) is 8.83. The topological polar surface area (TPSA) is 93.1 Å². The molecule has 150 valence electrons. The quantitative estimate of drug-likeness (QED) is 0.568. The predicted octanol–water partition coefficient (Wildman–Crippen LogP) is 3.81. The van der Waals surface area contributed by atoms with Gasteiger partial charge in [-0.25, -0.2) is 4.79 Å². The molecule has 7 nitrogen and oxygen atoms in total. The Morgan fingerprint density at radius 2 is 1.90 bits per heavy atom. The first-order valence-electron chi connectivity index (χ1n) is 8.81. The Balaban J connectivity index is 1.74. The minimum absolute atomic E-state index is 0.0102. The summed E-state index contributed by atoms with van der Waals surface area (Å²) < 4.78 is 10.00. The van der Waals surface area contributed by atoms with E-state index in [4.69, 9.17) is 9.47 Å². The molecule has 2 aromatic rings. The van der Waals surface area contributed by atoms with E-state index in [1.54, 1.807) is 49.4 Å². The average Bonchev–Trinajstić information content (AvgIpc) is 2.97. The molecule has 0 aliphatic carbocycles. The van der Waals surface area contributed by atoms with E-state index >= 15 is 0 Å². The first-order valence-corrected chi connectivity index (χ1v) is 9.63. The summed E-state index contributed by atoms with van der Waals surface area (Å²) in [5.74, 6) is -0.553. The summed E-state index contributed by atoms with van der Waals surface area (Å²) in [4.78, 5) is 38.1. The van der Waals surface area contributed by atoms with E-state index in [-0.39, 0.29) is 34.8 Å². The van der Waals surface area contributed by atoms with Gasteiger partial charge in [0, 0.05) is 0 Å². The fraction of sp³-hybridized carbons (Fsp3) is 0.190. The van der Waals surface area contributed by atoms with Crippen LogP contribution in [0, 0.1) is 0 Å². The Bertz CT molecular complexity index is 983. The lowest BCUT2D eigenvalue weighted by Crippen LogP contribution is -2.27. The molecule has 0 radical (unpaired) electrons. The van der Waals surface area contributed by atoms with Gasteiger partial charge >= 0.3 is 5.97 Å². The number of rotatable bonds is 6. The highest BCUT2D eigenvalue weighted by Gasteiger charge is 2.35. The summed E-state index contributed by atoms with van der Waals surface area (Å²) in [5, 5.41) is 9.30. The van der Waals surface area contributed by atoms with Crippen LogP contribution in [0.5, 0.6) is 11.5 Å². The Morgan fingerprint density at radius 3 is 2.55 bits per heavy atom. The van der Waals surface area contributed by atoms with Crippen molar-refractivity contribution in [1.29, 1.82) is 0 Å². The molecule has 1 heterocycles. The van der Waals surface area contributed by atoms with E-state index in [0.29, 0.717) is 16.7 Å². The molecule has 1 N–H and O–H groups in total. The van der Waals surface area contributed by atoms with Gasteiger partial charge in [-0.1, -0.05) is 18.2 Å². The second-order valence-corrected chi connectivity index (χ2v) is 7.11. The van der Waals surface area contributed by atoms with Crippen molar-refractivity contribution in [2.75, 3.05) is 13.7 Å². The van der Waals surface area contributed by atoms with Crippen molar-refractivity contribution in [2.45, 2.75) is 13.5 Å². The van der Waals surface area contributed by atoms with Gasteiger partial charge in [-0.05, 0) is 60.2 Å². The molecule has 0 saturated carbocycles. The smallest absolute Gasteiger partial charge is 0.338 e. The molecule has 29 heavy (non-hydrogen) atoms. The summed E-state index contributed by atoms with van der Waals surface area (Å²) in [6, 6.07) is 11.2. The monoisotopic (exact) mass is 413 g/mol. The van der Waals surface area contributed by atoms with Crippen molar-refractivity contribution in [1.82, 2.24) is 4.90 Å². The number of benzene rings is 2. The number of hydrogen-bond donors (Lipinski definition) is 1. The van der Waals surface area contributed by atoms with E-state index in [1.165, 1.54) is 13.2 Å². The van der Waals surface area contributed by atoms with Crippen LogP contribution in [-0.2, 0) is 16.1 Å². The lowest BCUT2D eigenvalue weighted by molar-refractivity contribution is -0.123. The van der Waals surface area contributed by atoms with Crippen molar-refractivity contribution in [3.05, 3.63) is 64.1 Å². The molecule has 3 rings (SSSR count). The number of amides is 2. The van der Waals surface area contributed by atoms with Crippen molar-refractivity contribution in [2.24, 2.45) is 0 Å². The molecular weight excluding hydrogens is 394 g/mol. The standard InChI is InChI=1S/C21H19NO6S/c1-3-28-20(25)15-7-4-13(5-8-15)12-22-19(24)18(29-21(22)26)11-14-6-9-16(23)17(10-14)27-2/h4-11,23H,3,12H2,1-2H3/b18-11-. The van der Waals surface area contributed by atoms with Crippen LogP contribution in [0.15, 0.2) is 47.4 Å². The molecule has 0 aromatic heterocycles. The zero-order chi connectivity index (χ0) is 21.0. The van der Waals surface area contributed by atoms with Gasteiger partial charge in [0.2, 0.25) is 0 Å². The van der Waals surface area contributed by atoms with Crippen LogP contribution in [0.4, 0.5) is 4.79 Å². The zero-order valence-electron chi connectivity index (χ0n) is 15.9. The largest absolute Gasteiger partial charge is 0.504 e. The Kier molecular flexibility index (Phi) is 6.23. The third kappa shape index (κ3) is 4.60. The number of carbonyl (C=O) groups excluding carboxylic acids is 3. The highest BCUT2D eigenvalue weighted by atomic mass is 32.2. The minimum Gasteiger partial charge on any atom is -0.504 e. The average molecular weight is 413 g/mol. The number of thioether (sulfide) groups is 1. The van der Waals surface area contributed by atoms with E-state index in [1.807, 2.05) is 0 Å². The first-order chi connectivity index (χ1) is 13.9. The van der Waals surface area contributed by atoms with Gasteiger partial charge in [-0.3, -0.25) is 14.5 Å². The van der Waals surface area contributed by atoms with Gasteiger partial charge < -0.3 is 14.6 Å². The third-order valence-corrected chi connectivity index (χ3v) is 5.09. The number of phenols is 1. The summed E-state index contributed by atoms with van der Waals surface area (Å²) >= 11 is 0.849. The molecule has 0 atom stereocenters. The van der Waals surface area contributed by atoms with Gasteiger partial charge in [-0.15, -0.1) is 0 Å². The molecule has 1 fully saturated rings. The van der Waals surface area contributed by atoms with Crippen LogP contribution in [0.3, 0.4) is 0 Å². The molecule has 2 amide bonds. The number of ether oxygens (including phenoxy) is 2.